The van der Waals surface area contributed by atoms with Crippen LogP contribution in [-0.2, 0) is 6.54 Å². The van der Waals surface area contributed by atoms with Gasteiger partial charge in [0, 0.05) is 18.8 Å². The van der Waals surface area contributed by atoms with E-state index in [0.29, 0.717) is 28.6 Å². The maximum Gasteiger partial charge on any atom is 0.255 e. The van der Waals surface area contributed by atoms with Gasteiger partial charge in [0.25, 0.3) is 5.91 Å². The Labute approximate surface area is 218 Å². The molecular formula is C26H28FN9O2. The Morgan fingerprint density at radius 3 is 2.82 bits per heavy atom. The molecule has 1 saturated carbocycles. The van der Waals surface area contributed by atoms with Gasteiger partial charge in [0.05, 0.1) is 52.1 Å². The number of rotatable bonds is 9. The maximum atomic E-state index is 14.3. The molecule has 0 bridgehead atoms. The molecule has 4 aromatic heterocycles. The summed E-state index contributed by atoms with van der Waals surface area (Å²) in [5.74, 6) is -0.0614. The molecule has 196 valence electrons. The first-order chi connectivity index (χ1) is 18.2. The van der Waals surface area contributed by atoms with E-state index in [1.54, 1.807) is 23.0 Å². The Hall–Kier alpha value is -4.37. The van der Waals surface area contributed by atoms with E-state index in [2.05, 4.69) is 36.9 Å². The van der Waals surface area contributed by atoms with Crippen molar-refractivity contribution in [2.75, 3.05) is 11.9 Å². The number of aromatic nitrogens is 6. The van der Waals surface area contributed by atoms with Crippen LogP contribution < -0.4 is 10.6 Å². The van der Waals surface area contributed by atoms with Gasteiger partial charge in [-0.15, -0.1) is 0 Å². The van der Waals surface area contributed by atoms with Crippen LogP contribution >= 0.6 is 0 Å². The number of hydrogen-bond donors (Lipinski definition) is 3. The van der Waals surface area contributed by atoms with Gasteiger partial charge in [-0.05, 0) is 56.9 Å². The van der Waals surface area contributed by atoms with Crippen molar-refractivity contribution in [3.8, 4) is 17.5 Å². The molecule has 0 saturated heterocycles. The largest absolute Gasteiger partial charge is 0.387 e. The van der Waals surface area contributed by atoms with E-state index < -0.39 is 17.7 Å². The molecule has 4 heterocycles. The lowest BCUT2D eigenvalue weighted by Crippen LogP contribution is -2.42. The molecule has 0 aliphatic heterocycles. The molecule has 0 spiro atoms. The lowest BCUT2D eigenvalue weighted by molar-refractivity contribution is -0.00177. The second kappa shape index (κ2) is 10.2. The fraction of sp³-hybridized carbons (Fsp3) is 0.385. The predicted octanol–water partition coefficient (Wildman–Crippen LogP) is 2.59. The molecular weight excluding hydrogens is 489 g/mol. The summed E-state index contributed by atoms with van der Waals surface area (Å²) in [7, 11) is 0. The van der Waals surface area contributed by atoms with Gasteiger partial charge in [-0.3, -0.25) is 14.5 Å². The van der Waals surface area contributed by atoms with Crippen molar-refractivity contribution in [3.63, 3.8) is 0 Å². The maximum absolute atomic E-state index is 14.3. The number of amides is 1. The van der Waals surface area contributed by atoms with Gasteiger partial charge in [-0.1, -0.05) is 0 Å². The third-order valence-corrected chi connectivity index (χ3v) is 6.76. The summed E-state index contributed by atoms with van der Waals surface area (Å²) in [6, 6.07) is 9.43. The zero-order valence-corrected chi connectivity index (χ0v) is 21.0. The van der Waals surface area contributed by atoms with Gasteiger partial charge in [0.2, 0.25) is 0 Å². The van der Waals surface area contributed by atoms with Crippen molar-refractivity contribution in [1.82, 2.24) is 34.7 Å². The number of carbonyl (C=O) groups is 1. The number of hydrogen-bond acceptors (Lipinski definition) is 8. The number of anilines is 1. The molecule has 1 amide bonds. The van der Waals surface area contributed by atoms with Crippen molar-refractivity contribution >= 4 is 17.1 Å². The van der Waals surface area contributed by atoms with Gasteiger partial charge in [-0.25, -0.2) is 13.9 Å². The first kappa shape index (κ1) is 25.3. The number of nitrogens with zero attached hydrogens (tertiary/aromatic N) is 7. The quantitative estimate of drug-likeness (QED) is 0.307. The fourth-order valence-electron chi connectivity index (χ4n) is 4.49. The first-order valence-corrected chi connectivity index (χ1v) is 12.3. The minimum Gasteiger partial charge on any atom is -0.387 e. The summed E-state index contributed by atoms with van der Waals surface area (Å²) in [6.45, 7) is 3.15. The first-order valence-electron chi connectivity index (χ1n) is 12.3. The molecule has 0 unspecified atom stereocenters. The van der Waals surface area contributed by atoms with Gasteiger partial charge >= 0.3 is 0 Å². The van der Waals surface area contributed by atoms with Crippen molar-refractivity contribution in [2.24, 2.45) is 5.92 Å². The van der Waals surface area contributed by atoms with E-state index in [9.17, 15) is 14.3 Å². The van der Waals surface area contributed by atoms with Gasteiger partial charge < -0.3 is 15.7 Å². The molecule has 1 aliphatic carbocycles. The van der Waals surface area contributed by atoms with Crippen molar-refractivity contribution in [2.45, 2.75) is 51.0 Å². The number of pyridine rings is 1. The van der Waals surface area contributed by atoms with E-state index in [-0.39, 0.29) is 18.2 Å². The van der Waals surface area contributed by atoms with Crippen LogP contribution in [0.5, 0.6) is 0 Å². The highest BCUT2D eigenvalue weighted by Gasteiger charge is 2.31. The molecule has 5 rings (SSSR count). The smallest absolute Gasteiger partial charge is 0.255 e. The van der Waals surface area contributed by atoms with Crippen LogP contribution in [-0.4, -0.2) is 64.7 Å². The number of carbonyl (C=O) groups excluding carboxylic acids is 1. The van der Waals surface area contributed by atoms with Crippen LogP contribution in [0.3, 0.4) is 0 Å². The topological polar surface area (TPSA) is 146 Å². The number of halogens is 1. The SMILES string of the molecule is CC(C)(O)[C@H](F)CNC(=O)c1cnc(-c2ccc3cc(C#N)cnn23)cc1N[C@H]1C[C@H](Cn2cncn2)C1. The second-order valence-corrected chi connectivity index (χ2v) is 10.2. The minimum atomic E-state index is -1.63. The molecule has 11 nitrogen and oxygen atoms in total. The van der Waals surface area contributed by atoms with Crippen LogP contribution in [0.25, 0.3) is 16.9 Å². The van der Waals surface area contributed by atoms with E-state index >= 15 is 0 Å². The highest BCUT2D eigenvalue weighted by Crippen LogP contribution is 2.33. The number of fused-ring (bicyclic) bond motifs is 1. The Morgan fingerprint density at radius 1 is 1.29 bits per heavy atom. The number of alkyl halides is 1. The Kier molecular flexibility index (Phi) is 6.77. The third-order valence-electron chi connectivity index (χ3n) is 6.76. The van der Waals surface area contributed by atoms with Crippen LogP contribution in [0.4, 0.5) is 10.1 Å². The van der Waals surface area contributed by atoms with Gasteiger partial charge in [0.1, 0.15) is 24.9 Å². The minimum absolute atomic E-state index is 0.135. The molecule has 0 radical (unpaired) electrons. The number of nitrogens with one attached hydrogen (secondary N) is 2. The number of nitriles is 1. The lowest BCUT2D eigenvalue weighted by atomic mass is 9.80. The van der Waals surface area contributed by atoms with Crippen molar-refractivity contribution in [3.05, 3.63) is 60.4 Å². The zero-order valence-electron chi connectivity index (χ0n) is 21.0. The Balaban J connectivity index is 1.38. The molecule has 1 atom stereocenters. The second-order valence-electron chi connectivity index (χ2n) is 10.2. The zero-order chi connectivity index (χ0) is 26.9. The molecule has 1 fully saturated rings. The summed E-state index contributed by atoms with van der Waals surface area (Å²) in [6.07, 6.45) is 6.29. The monoisotopic (exact) mass is 517 g/mol. The van der Waals surface area contributed by atoms with E-state index in [1.165, 1.54) is 32.6 Å². The average molecular weight is 518 g/mol. The predicted molar refractivity (Wildman–Crippen MR) is 137 cm³/mol. The molecule has 0 aromatic carbocycles. The standard InChI is InChI=1S/C26H28FN9O2/c1-26(2,38)24(27)12-31-25(37)20-11-30-22(23-4-3-19-7-17(9-28)10-32-36(19)23)8-21(20)34-18-5-16(6-18)13-35-15-29-14-33-35/h3-4,7-8,10-11,14-16,18,24,38H,5-6,12-13H2,1-2H3,(H,30,34)(H,31,37)/t16-,18-,24-/m1/s1. The van der Waals surface area contributed by atoms with Crippen LogP contribution in [0.2, 0.25) is 0 Å². The van der Waals surface area contributed by atoms with E-state index in [1.807, 2.05) is 16.8 Å². The van der Waals surface area contributed by atoms with E-state index in [4.69, 9.17) is 5.26 Å². The summed E-state index contributed by atoms with van der Waals surface area (Å²) < 4.78 is 17.8. The van der Waals surface area contributed by atoms with Crippen LogP contribution in [0.15, 0.2) is 49.3 Å². The highest BCUT2D eigenvalue weighted by atomic mass is 19.1. The molecule has 3 N–H and O–H groups in total. The highest BCUT2D eigenvalue weighted by molar-refractivity contribution is 6.00. The lowest BCUT2D eigenvalue weighted by Gasteiger charge is -2.36. The Bertz CT molecular complexity index is 1480. The van der Waals surface area contributed by atoms with E-state index in [0.717, 1.165) is 24.9 Å². The Morgan fingerprint density at radius 2 is 2.11 bits per heavy atom. The molecule has 38 heavy (non-hydrogen) atoms. The fourth-order valence-corrected chi connectivity index (χ4v) is 4.49. The van der Waals surface area contributed by atoms with Crippen molar-refractivity contribution in [1.29, 1.82) is 5.26 Å². The molecule has 4 aromatic rings. The summed E-state index contributed by atoms with van der Waals surface area (Å²) >= 11 is 0. The van der Waals surface area contributed by atoms with Gasteiger partial charge in [-0.2, -0.15) is 15.5 Å². The van der Waals surface area contributed by atoms with Crippen LogP contribution in [0.1, 0.15) is 42.6 Å². The van der Waals surface area contributed by atoms with Crippen LogP contribution in [0, 0.1) is 17.2 Å². The third kappa shape index (κ3) is 5.33. The molecule has 12 heteroatoms. The average Bonchev–Trinajstić information content (AvgIpc) is 3.54. The normalized spacial score (nSPS) is 18.0. The van der Waals surface area contributed by atoms with Gasteiger partial charge in [0.15, 0.2) is 0 Å². The van der Waals surface area contributed by atoms with Crippen molar-refractivity contribution < 1.29 is 14.3 Å². The summed E-state index contributed by atoms with van der Waals surface area (Å²) in [5.41, 5.74) is 1.74. The summed E-state index contributed by atoms with van der Waals surface area (Å²) in [5, 5.41) is 33.6. The number of aliphatic hydroxyl groups is 1. The molecule has 1 aliphatic rings. The summed E-state index contributed by atoms with van der Waals surface area (Å²) in [4.78, 5) is 21.5.